The van der Waals surface area contributed by atoms with Crippen LogP contribution in [0.4, 0.5) is 5.69 Å². The molecule has 2 amide bonds. The lowest BCUT2D eigenvalue weighted by Gasteiger charge is -2.09. The van der Waals surface area contributed by atoms with Gasteiger partial charge in [0.1, 0.15) is 18.8 Å². The van der Waals surface area contributed by atoms with E-state index in [9.17, 15) is 9.59 Å². The van der Waals surface area contributed by atoms with Gasteiger partial charge in [0, 0.05) is 8.95 Å². The molecule has 0 bridgehead atoms. The first-order chi connectivity index (χ1) is 15.4. The summed E-state index contributed by atoms with van der Waals surface area (Å²) in [5.74, 6) is -0.253. The predicted octanol–water partition coefficient (Wildman–Crippen LogP) is 6.03. The fourth-order valence-corrected chi connectivity index (χ4v) is 3.74. The zero-order valence-corrected chi connectivity index (χ0v) is 21.4. The van der Waals surface area contributed by atoms with Crippen LogP contribution in [0.1, 0.15) is 17.5 Å². The highest BCUT2D eigenvalue weighted by Gasteiger charge is 2.10. The van der Waals surface area contributed by atoms with Crippen LogP contribution in [0.15, 0.2) is 85.2 Å². The number of amides is 2. The molecule has 0 spiro atoms. The molecule has 0 aromatic heterocycles. The van der Waals surface area contributed by atoms with Crippen molar-refractivity contribution in [1.82, 2.24) is 5.43 Å². The molecule has 0 saturated heterocycles. The quantitative estimate of drug-likeness (QED) is 0.183. The normalized spacial score (nSPS) is 10.7. The van der Waals surface area contributed by atoms with Gasteiger partial charge in [-0.15, -0.1) is 0 Å². The Kier molecular flexibility index (Phi) is 9.01. The molecule has 0 heterocycles. The lowest BCUT2D eigenvalue weighted by atomic mass is 10.2. The zero-order valence-electron chi connectivity index (χ0n) is 16.6. The van der Waals surface area contributed by atoms with E-state index >= 15 is 0 Å². The third kappa shape index (κ3) is 7.58. The molecule has 0 radical (unpaired) electrons. The Bertz CT molecular complexity index is 1130. The lowest BCUT2D eigenvalue weighted by molar-refractivity contribution is -0.126. The summed E-state index contributed by atoms with van der Waals surface area (Å²) in [4.78, 5) is 24.0. The van der Waals surface area contributed by atoms with E-state index in [0.717, 1.165) is 24.5 Å². The van der Waals surface area contributed by atoms with Gasteiger partial charge in [0.25, 0.3) is 0 Å². The molecule has 0 unspecified atom stereocenters. The van der Waals surface area contributed by atoms with E-state index in [1.165, 1.54) is 6.21 Å². The standard InChI is InChI=1S/C23H18Br3N3O3/c24-17-8-5-15(6-9-17)14-32-21-10-7-16(11-19(21)26)13-27-29-23(31)12-22(30)28-20-4-2-1-3-18(20)25/h1-11,13H,12,14H2,(H,28,30)(H,29,31). The van der Waals surface area contributed by atoms with E-state index in [2.05, 4.69) is 63.6 Å². The Balaban J connectivity index is 1.47. The van der Waals surface area contributed by atoms with E-state index in [1.807, 2.05) is 48.5 Å². The molecule has 2 N–H and O–H groups in total. The van der Waals surface area contributed by atoms with Gasteiger partial charge in [-0.2, -0.15) is 5.10 Å². The van der Waals surface area contributed by atoms with Gasteiger partial charge in [-0.3, -0.25) is 9.59 Å². The van der Waals surface area contributed by atoms with Crippen LogP contribution in [0.25, 0.3) is 0 Å². The van der Waals surface area contributed by atoms with Crippen molar-refractivity contribution in [3.8, 4) is 5.75 Å². The molecule has 0 atom stereocenters. The van der Waals surface area contributed by atoms with Gasteiger partial charge in [0.05, 0.1) is 16.4 Å². The first-order valence-corrected chi connectivity index (χ1v) is 11.8. The van der Waals surface area contributed by atoms with Crippen LogP contribution in [0.2, 0.25) is 0 Å². The number of hydrogen-bond acceptors (Lipinski definition) is 4. The number of nitrogens with zero attached hydrogens (tertiary/aromatic N) is 1. The monoisotopic (exact) mass is 621 g/mol. The third-order valence-corrected chi connectivity index (χ3v) is 5.98. The zero-order chi connectivity index (χ0) is 22.9. The maximum atomic E-state index is 12.0. The highest BCUT2D eigenvalue weighted by molar-refractivity contribution is 9.11. The molecule has 0 aliphatic heterocycles. The van der Waals surface area contributed by atoms with Crippen molar-refractivity contribution in [3.05, 3.63) is 91.3 Å². The highest BCUT2D eigenvalue weighted by Crippen LogP contribution is 2.26. The fourth-order valence-electron chi connectivity index (χ4n) is 2.58. The summed E-state index contributed by atoms with van der Waals surface area (Å²) in [6.45, 7) is 0.441. The minimum Gasteiger partial charge on any atom is -0.488 e. The number of anilines is 1. The van der Waals surface area contributed by atoms with E-state index in [0.29, 0.717) is 18.0 Å². The average Bonchev–Trinajstić information content (AvgIpc) is 2.76. The van der Waals surface area contributed by atoms with Gasteiger partial charge in [0.15, 0.2) is 0 Å². The molecule has 0 fully saturated rings. The van der Waals surface area contributed by atoms with Gasteiger partial charge in [-0.25, -0.2) is 5.43 Å². The number of rotatable bonds is 8. The van der Waals surface area contributed by atoms with Gasteiger partial charge in [0.2, 0.25) is 11.8 Å². The largest absolute Gasteiger partial charge is 0.488 e. The molecule has 0 aliphatic rings. The average molecular weight is 624 g/mol. The number of nitrogens with one attached hydrogen (secondary N) is 2. The third-order valence-electron chi connectivity index (χ3n) is 4.14. The summed E-state index contributed by atoms with van der Waals surface area (Å²) in [6, 6.07) is 20.5. The Morgan fingerprint density at radius 3 is 2.38 bits per heavy atom. The minimum atomic E-state index is -0.515. The molecule has 9 heteroatoms. The van der Waals surface area contributed by atoms with Crippen LogP contribution in [0.3, 0.4) is 0 Å². The predicted molar refractivity (Wildman–Crippen MR) is 136 cm³/mol. The van der Waals surface area contributed by atoms with Gasteiger partial charge >= 0.3 is 0 Å². The summed E-state index contributed by atoms with van der Waals surface area (Å²) in [7, 11) is 0. The van der Waals surface area contributed by atoms with Crippen molar-refractivity contribution in [2.24, 2.45) is 5.10 Å². The number of hydrazone groups is 1. The number of ether oxygens (including phenoxy) is 1. The van der Waals surface area contributed by atoms with E-state index < -0.39 is 11.8 Å². The van der Waals surface area contributed by atoms with Crippen LogP contribution in [-0.4, -0.2) is 18.0 Å². The maximum Gasteiger partial charge on any atom is 0.249 e. The number of halogens is 3. The Labute approximate surface area is 210 Å². The molecule has 3 rings (SSSR count). The van der Waals surface area contributed by atoms with Crippen molar-refractivity contribution in [2.75, 3.05) is 5.32 Å². The Morgan fingerprint density at radius 1 is 0.906 bits per heavy atom. The minimum absolute atomic E-state index is 0.342. The summed E-state index contributed by atoms with van der Waals surface area (Å²) < 4.78 is 8.35. The second kappa shape index (κ2) is 11.9. The molecule has 0 aliphatic carbocycles. The fraction of sp³-hybridized carbons (Fsp3) is 0.0870. The molecule has 0 saturated carbocycles. The molecule has 164 valence electrons. The van der Waals surface area contributed by atoms with Crippen molar-refractivity contribution in [1.29, 1.82) is 0 Å². The second-order valence-electron chi connectivity index (χ2n) is 6.60. The van der Waals surface area contributed by atoms with E-state index in [4.69, 9.17) is 4.74 Å². The maximum absolute atomic E-state index is 12.0. The molecular formula is C23H18Br3N3O3. The van der Waals surface area contributed by atoms with E-state index in [1.54, 1.807) is 18.2 Å². The number of benzene rings is 3. The summed E-state index contributed by atoms with van der Waals surface area (Å²) in [6.07, 6.45) is 1.15. The van der Waals surface area contributed by atoms with Crippen LogP contribution < -0.4 is 15.5 Å². The van der Waals surface area contributed by atoms with Crippen LogP contribution >= 0.6 is 47.8 Å². The number of carbonyl (C=O) groups excluding carboxylic acids is 2. The van der Waals surface area contributed by atoms with Gasteiger partial charge in [-0.05, 0) is 85.5 Å². The highest BCUT2D eigenvalue weighted by atomic mass is 79.9. The van der Waals surface area contributed by atoms with Crippen molar-refractivity contribution in [3.63, 3.8) is 0 Å². The second-order valence-corrected chi connectivity index (χ2v) is 9.23. The first kappa shape index (κ1) is 24.2. The number of hydrogen-bond donors (Lipinski definition) is 2. The molecule has 3 aromatic rings. The number of para-hydroxylation sites is 1. The van der Waals surface area contributed by atoms with E-state index in [-0.39, 0.29) is 6.42 Å². The van der Waals surface area contributed by atoms with Crippen molar-refractivity contribution >= 4 is 71.5 Å². The Morgan fingerprint density at radius 2 is 1.66 bits per heavy atom. The van der Waals surface area contributed by atoms with Gasteiger partial charge in [-0.1, -0.05) is 40.2 Å². The smallest absolute Gasteiger partial charge is 0.249 e. The summed E-state index contributed by atoms with van der Waals surface area (Å²) in [5.41, 5.74) is 4.76. The molecular weight excluding hydrogens is 606 g/mol. The number of carbonyl (C=O) groups is 2. The van der Waals surface area contributed by atoms with Crippen molar-refractivity contribution < 1.29 is 14.3 Å². The van der Waals surface area contributed by atoms with Crippen LogP contribution in [0, 0.1) is 0 Å². The van der Waals surface area contributed by atoms with Crippen LogP contribution in [0.5, 0.6) is 5.75 Å². The Hall–Kier alpha value is -2.49. The summed E-state index contributed by atoms with van der Waals surface area (Å²) >= 11 is 10.2. The van der Waals surface area contributed by atoms with Crippen LogP contribution in [-0.2, 0) is 16.2 Å². The molecule has 6 nitrogen and oxygen atoms in total. The lowest BCUT2D eigenvalue weighted by Crippen LogP contribution is -2.24. The summed E-state index contributed by atoms with van der Waals surface area (Å²) in [5, 5.41) is 6.58. The SMILES string of the molecule is O=C(CC(=O)Nc1ccccc1Br)NN=Cc1ccc(OCc2ccc(Br)cc2)c(Br)c1. The van der Waals surface area contributed by atoms with Gasteiger partial charge < -0.3 is 10.1 Å². The molecule has 32 heavy (non-hydrogen) atoms. The first-order valence-electron chi connectivity index (χ1n) is 9.44. The molecule has 3 aromatic carbocycles. The topological polar surface area (TPSA) is 79.8 Å². The van der Waals surface area contributed by atoms with Crippen molar-refractivity contribution in [2.45, 2.75) is 13.0 Å².